The van der Waals surface area contributed by atoms with Gasteiger partial charge in [-0.1, -0.05) is 59.7 Å². The summed E-state index contributed by atoms with van der Waals surface area (Å²) in [7, 11) is 1.47. The first-order valence-corrected chi connectivity index (χ1v) is 19.0. The maximum Gasteiger partial charge on any atom is 0.250 e. The third kappa shape index (κ3) is 7.65. The molecule has 16 nitrogen and oxygen atoms in total. The summed E-state index contributed by atoms with van der Waals surface area (Å²) in [5.41, 5.74) is -0.765. The molecule has 0 bridgehead atoms. The van der Waals surface area contributed by atoms with Gasteiger partial charge >= 0.3 is 0 Å². The molecule has 7 N–H and O–H groups in total. The number of para-hydroxylation sites is 1. The number of piperidine rings is 1. The van der Waals surface area contributed by atoms with Crippen molar-refractivity contribution in [3.05, 3.63) is 29.8 Å². The molecule has 6 amide bonds. The largest absolute Gasteiger partial charge is 0.393 e. The van der Waals surface area contributed by atoms with Crippen molar-refractivity contribution < 1.29 is 44.1 Å². The van der Waals surface area contributed by atoms with Gasteiger partial charge in [-0.25, -0.2) is 0 Å². The molecule has 0 aromatic heterocycles. The molecule has 1 aromatic rings. The number of hydrogen-bond donors (Lipinski definition) is 7. The summed E-state index contributed by atoms with van der Waals surface area (Å²) in [6.45, 7) is 12.0. The number of rotatable bonds is 5. The first-order chi connectivity index (χ1) is 25.3. The highest BCUT2D eigenvalue weighted by Gasteiger charge is 2.61. The van der Waals surface area contributed by atoms with Crippen molar-refractivity contribution in [2.24, 2.45) is 17.8 Å². The van der Waals surface area contributed by atoms with E-state index >= 15 is 0 Å². The van der Waals surface area contributed by atoms with Crippen molar-refractivity contribution in [1.29, 1.82) is 0 Å². The van der Waals surface area contributed by atoms with E-state index in [1.807, 2.05) is 13.8 Å². The topological polar surface area (TPSA) is 221 Å². The predicted octanol–water partition coefficient (Wildman–Crippen LogP) is -0.387. The number of aliphatic hydroxyl groups is 3. The first-order valence-electron chi connectivity index (χ1n) is 19.0. The smallest absolute Gasteiger partial charge is 0.250 e. The van der Waals surface area contributed by atoms with E-state index in [0.717, 1.165) is 4.90 Å². The number of amides is 6. The average Bonchev–Trinajstić information content (AvgIpc) is 3.55. The maximum atomic E-state index is 14.7. The quantitative estimate of drug-likeness (QED) is 0.206. The van der Waals surface area contributed by atoms with E-state index in [-0.39, 0.29) is 38.1 Å². The van der Waals surface area contributed by atoms with Crippen LogP contribution in [0.25, 0.3) is 0 Å². The zero-order valence-corrected chi connectivity index (χ0v) is 32.4. The molecule has 3 saturated heterocycles. The molecular formula is C38H57N7O9. The van der Waals surface area contributed by atoms with E-state index in [1.165, 1.54) is 23.8 Å². The summed E-state index contributed by atoms with van der Waals surface area (Å²) >= 11 is 0. The van der Waals surface area contributed by atoms with Crippen LogP contribution in [0.15, 0.2) is 24.3 Å². The van der Waals surface area contributed by atoms with E-state index < -0.39 is 108 Å². The highest BCUT2D eigenvalue weighted by Crippen LogP contribution is 2.49. The third-order valence-corrected chi connectivity index (χ3v) is 11.2. The summed E-state index contributed by atoms with van der Waals surface area (Å²) in [4.78, 5) is 89.8. The number of carbonyl (C=O) groups is 6. The molecule has 0 aliphatic carbocycles. The zero-order valence-electron chi connectivity index (χ0n) is 32.4. The molecule has 0 radical (unpaired) electrons. The Bertz CT molecular complexity index is 1640. The summed E-state index contributed by atoms with van der Waals surface area (Å²) in [6, 6.07) is -0.740. The normalized spacial score (nSPS) is 33.3. The lowest BCUT2D eigenvalue weighted by Gasteiger charge is -2.42. The monoisotopic (exact) mass is 755 g/mol. The molecule has 3 fully saturated rings. The number of anilines is 1. The predicted molar refractivity (Wildman–Crippen MR) is 197 cm³/mol. The minimum absolute atomic E-state index is 0.0199. The Balaban J connectivity index is 1.64. The highest BCUT2D eigenvalue weighted by molar-refractivity contribution is 5.99. The maximum absolute atomic E-state index is 14.7. The van der Waals surface area contributed by atoms with Gasteiger partial charge in [0.1, 0.15) is 48.0 Å². The van der Waals surface area contributed by atoms with E-state index in [4.69, 9.17) is 0 Å². The van der Waals surface area contributed by atoms with Crippen LogP contribution in [0, 0.1) is 17.8 Å². The van der Waals surface area contributed by atoms with Gasteiger partial charge in [-0.2, -0.15) is 0 Å². The minimum atomic E-state index is -1.76. The summed E-state index contributed by atoms with van der Waals surface area (Å²) in [5.74, 6) is -5.23. The van der Waals surface area contributed by atoms with Gasteiger partial charge in [-0.05, 0) is 43.6 Å². The van der Waals surface area contributed by atoms with Gasteiger partial charge in [0, 0.05) is 37.7 Å². The number of nitrogens with zero attached hydrogens (tertiary/aromatic N) is 3. The van der Waals surface area contributed by atoms with Gasteiger partial charge in [0.15, 0.2) is 0 Å². The first kappa shape index (κ1) is 40.9. The molecule has 10 atom stereocenters. The van der Waals surface area contributed by atoms with E-state index in [0.29, 0.717) is 11.3 Å². The Morgan fingerprint density at radius 2 is 1.43 bits per heavy atom. The molecule has 0 saturated carbocycles. The molecule has 1 aromatic carbocycles. The second kappa shape index (κ2) is 15.8. The van der Waals surface area contributed by atoms with Crippen molar-refractivity contribution in [2.75, 3.05) is 18.9 Å². The second-order valence-electron chi connectivity index (χ2n) is 16.5. The van der Waals surface area contributed by atoms with Crippen molar-refractivity contribution in [2.45, 2.75) is 134 Å². The van der Waals surface area contributed by atoms with Crippen LogP contribution in [-0.2, 0) is 34.4 Å². The molecule has 4 heterocycles. The molecule has 16 heteroatoms. The van der Waals surface area contributed by atoms with Crippen LogP contribution in [0.5, 0.6) is 0 Å². The molecule has 4 aliphatic heterocycles. The van der Waals surface area contributed by atoms with Crippen LogP contribution in [0.2, 0.25) is 0 Å². The van der Waals surface area contributed by atoms with E-state index in [1.54, 1.807) is 52.0 Å². The van der Waals surface area contributed by atoms with Gasteiger partial charge in [0.25, 0.3) is 0 Å². The van der Waals surface area contributed by atoms with Crippen molar-refractivity contribution in [3.8, 4) is 0 Å². The Kier molecular flexibility index (Phi) is 12.0. The number of hydrogen-bond acceptors (Lipinski definition) is 10. The molecule has 0 spiro atoms. The number of aliphatic hydroxyl groups excluding tert-OH is 2. The molecular weight excluding hydrogens is 698 g/mol. The van der Waals surface area contributed by atoms with Crippen LogP contribution in [0.1, 0.15) is 79.7 Å². The van der Waals surface area contributed by atoms with Gasteiger partial charge in [0.2, 0.25) is 35.4 Å². The molecule has 298 valence electrons. The van der Waals surface area contributed by atoms with Crippen LogP contribution in [0.3, 0.4) is 0 Å². The number of carbonyl (C=O) groups excluding carboxylic acids is 6. The fourth-order valence-corrected chi connectivity index (χ4v) is 8.42. The van der Waals surface area contributed by atoms with Gasteiger partial charge in [0.05, 0.1) is 12.2 Å². The number of fused-ring (bicyclic) bond motifs is 6. The fourth-order valence-electron chi connectivity index (χ4n) is 8.42. The average molecular weight is 756 g/mol. The molecule has 0 unspecified atom stereocenters. The Hall–Kier alpha value is -4.28. The lowest BCUT2D eigenvalue weighted by atomic mass is 9.90. The zero-order chi connectivity index (χ0) is 40.0. The molecule has 4 aliphatic rings. The minimum Gasteiger partial charge on any atom is -0.393 e. The Morgan fingerprint density at radius 3 is 2.04 bits per heavy atom. The van der Waals surface area contributed by atoms with Crippen LogP contribution >= 0.6 is 0 Å². The van der Waals surface area contributed by atoms with Gasteiger partial charge < -0.3 is 51.3 Å². The standard InChI is InChI=1S/C38H57N7O9/c1-18(2)15-25-31(48)42-29(21(7)46)35(52)45-27(17-38(54)23-11-9-10-12-24(23)40-37(38)45)33(50)41-28(19(3)4)34(51)43(8)30(20(5)6)36(53)44-14-13-22(47)16-26(44)32(49)39-25/h9-12,18-22,25-30,37,40,46-47,54H,13-17H2,1-8H3,(H,39,49)(H,41,50)(H,42,48)/t21-,22-,25-,26+,27-,28+,29+,30-,37-,38+/m0/s1. The van der Waals surface area contributed by atoms with Crippen molar-refractivity contribution in [3.63, 3.8) is 0 Å². The number of benzene rings is 1. The van der Waals surface area contributed by atoms with Crippen molar-refractivity contribution >= 4 is 41.1 Å². The molecule has 5 rings (SSSR count). The summed E-state index contributed by atoms with van der Waals surface area (Å²) < 4.78 is 0. The Labute approximate surface area is 316 Å². The lowest BCUT2D eigenvalue weighted by molar-refractivity contribution is -0.155. The molecule has 54 heavy (non-hydrogen) atoms. The lowest BCUT2D eigenvalue weighted by Crippen LogP contribution is -2.65. The Morgan fingerprint density at radius 1 is 0.796 bits per heavy atom. The van der Waals surface area contributed by atoms with Crippen LogP contribution < -0.4 is 21.3 Å². The summed E-state index contributed by atoms with van der Waals surface area (Å²) in [5, 5.41) is 45.2. The van der Waals surface area contributed by atoms with Crippen molar-refractivity contribution in [1.82, 2.24) is 30.7 Å². The highest BCUT2D eigenvalue weighted by atomic mass is 16.3. The van der Waals surface area contributed by atoms with E-state index in [2.05, 4.69) is 21.3 Å². The second-order valence-corrected chi connectivity index (χ2v) is 16.5. The van der Waals surface area contributed by atoms with Gasteiger partial charge in [-0.15, -0.1) is 0 Å². The van der Waals surface area contributed by atoms with E-state index in [9.17, 15) is 44.1 Å². The number of likely N-dealkylation sites (N-methyl/N-ethyl adjacent to an activating group) is 1. The third-order valence-electron chi connectivity index (χ3n) is 11.2. The van der Waals surface area contributed by atoms with Crippen LogP contribution in [-0.4, -0.2) is 134 Å². The summed E-state index contributed by atoms with van der Waals surface area (Å²) in [6.07, 6.45) is -3.63. The number of nitrogens with one attached hydrogen (secondary N) is 4. The SMILES string of the molecule is CC(C)C[C@@H]1NC(=O)[C@H]2C[C@@H](O)CCN2C(=O)[C@H](C(C)C)N(C)C(=O)[C@@H](C(C)C)NC(=O)[C@@H]2C[C@@]3(O)c4ccccc4N[C@H]3N2C(=O)[C@@H]([C@H](C)O)NC1=O. The fraction of sp³-hybridized carbons (Fsp3) is 0.684. The van der Waals surface area contributed by atoms with Gasteiger partial charge in [-0.3, -0.25) is 28.8 Å². The van der Waals surface area contributed by atoms with Crippen LogP contribution in [0.4, 0.5) is 5.69 Å².